The van der Waals surface area contributed by atoms with E-state index >= 15 is 0 Å². The van der Waals surface area contributed by atoms with Gasteiger partial charge in [-0.05, 0) is 62.6 Å². The Kier molecular flexibility index (Phi) is 5.34. The fourth-order valence-corrected chi connectivity index (χ4v) is 9.61. The lowest BCUT2D eigenvalue weighted by molar-refractivity contribution is 1.01. The van der Waals surface area contributed by atoms with Gasteiger partial charge in [-0.15, -0.1) is 0 Å². The molecule has 0 spiro atoms. The van der Waals surface area contributed by atoms with E-state index in [1.807, 2.05) is 0 Å². The predicted molar refractivity (Wildman–Crippen MR) is 226 cm³/mol. The smallest absolute Gasteiger partial charge is 0.235 e. The molecule has 0 aliphatic rings. The van der Waals surface area contributed by atoms with E-state index in [0.717, 1.165) is 38.6 Å². The van der Waals surface area contributed by atoms with E-state index in [-0.39, 0.29) is 0 Å². The highest BCUT2D eigenvalue weighted by Crippen LogP contribution is 2.47. The molecule has 9 aromatic carbocycles. The fraction of sp³-hybridized carbons (Fsp3) is 0. The van der Waals surface area contributed by atoms with E-state index in [0.29, 0.717) is 5.95 Å². The topological polar surface area (TPSA) is 35.1 Å². The van der Waals surface area contributed by atoms with Gasteiger partial charge in [0.2, 0.25) is 5.95 Å². The number of hydrogen-bond donors (Lipinski definition) is 0. The van der Waals surface area contributed by atoms with Crippen LogP contribution in [0.5, 0.6) is 0 Å². The molecular weight excluding hydrogens is 657 g/mol. The molecule has 0 bridgehead atoms. The van der Waals surface area contributed by atoms with Crippen LogP contribution in [-0.2, 0) is 0 Å². The van der Waals surface area contributed by atoms with Crippen LogP contribution in [0.15, 0.2) is 170 Å². The van der Waals surface area contributed by atoms with Crippen LogP contribution in [0.1, 0.15) is 0 Å². The second-order valence-electron chi connectivity index (χ2n) is 14.5. The Labute approximate surface area is 308 Å². The molecule has 0 N–H and O–H groups in total. The Bertz CT molecular complexity index is 3720. The van der Waals surface area contributed by atoms with Crippen LogP contribution in [0, 0.1) is 0 Å². The number of hydrogen-bond acceptors (Lipinski definition) is 2. The summed E-state index contributed by atoms with van der Waals surface area (Å²) in [7, 11) is 0. The van der Waals surface area contributed by atoms with Gasteiger partial charge < -0.3 is 4.40 Å². The summed E-state index contributed by atoms with van der Waals surface area (Å²) in [5, 5.41) is 15.9. The first-order chi connectivity index (χ1) is 26.8. The lowest BCUT2D eigenvalue weighted by Crippen LogP contribution is -2.04. The van der Waals surface area contributed by atoms with Gasteiger partial charge in [0, 0.05) is 43.3 Å². The largest absolute Gasteiger partial charge is 0.307 e. The van der Waals surface area contributed by atoms with Gasteiger partial charge in [0.25, 0.3) is 0 Å². The van der Waals surface area contributed by atoms with Crippen molar-refractivity contribution < 1.29 is 0 Å². The summed E-state index contributed by atoms with van der Waals surface area (Å²) in [4.78, 5) is 10.9. The molecule has 0 atom stereocenters. The van der Waals surface area contributed by atoms with Crippen LogP contribution in [0.4, 0.5) is 0 Å². The Morgan fingerprint density at radius 2 is 0.981 bits per heavy atom. The number of nitrogens with zero attached hydrogens (tertiary/aromatic N) is 4. The third kappa shape index (κ3) is 3.52. The van der Waals surface area contributed by atoms with E-state index in [1.165, 1.54) is 75.8 Å². The van der Waals surface area contributed by atoms with E-state index in [4.69, 9.17) is 9.97 Å². The highest BCUT2D eigenvalue weighted by molar-refractivity contribution is 6.36. The van der Waals surface area contributed by atoms with Crippen molar-refractivity contribution in [1.29, 1.82) is 0 Å². The van der Waals surface area contributed by atoms with Gasteiger partial charge in [-0.25, -0.2) is 9.97 Å². The SMILES string of the molecule is c1ccc(-c2nc(-n3c4cccc5c6cc7ccccc7c7c8ccc9ccccc9c8n(c8cccc3c8c54)c67)nc3ccc4ccccc4c23)cc1. The summed E-state index contributed by atoms with van der Waals surface area (Å²) in [6, 6.07) is 61.6. The molecular formula is C50H28N4. The second-order valence-corrected chi connectivity index (χ2v) is 14.5. The van der Waals surface area contributed by atoms with Crippen molar-refractivity contribution in [2.24, 2.45) is 0 Å². The van der Waals surface area contributed by atoms with E-state index in [1.54, 1.807) is 0 Å². The number of rotatable bonds is 2. The molecule has 248 valence electrons. The van der Waals surface area contributed by atoms with Gasteiger partial charge in [-0.3, -0.25) is 4.57 Å². The zero-order valence-electron chi connectivity index (χ0n) is 29.0. The molecule has 13 aromatic rings. The van der Waals surface area contributed by atoms with Gasteiger partial charge in [0.15, 0.2) is 0 Å². The Hall–Kier alpha value is -7.30. The van der Waals surface area contributed by atoms with Crippen molar-refractivity contribution in [1.82, 2.24) is 18.9 Å². The zero-order valence-corrected chi connectivity index (χ0v) is 29.0. The van der Waals surface area contributed by atoms with E-state index in [2.05, 4.69) is 179 Å². The summed E-state index contributed by atoms with van der Waals surface area (Å²) in [5.41, 5.74) is 8.77. The van der Waals surface area contributed by atoms with Crippen LogP contribution in [0.2, 0.25) is 0 Å². The molecule has 0 aliphatic heterocycles. The molecule has 0 aliphatic carbocycles. The monoisotopic (exact) mass is 684 g/mol. The molecule has 0 fully saturated rings. The van der Waals surface area contributed by atoms with E-state index < -0.39 is 0 Å². The molecule has 0 unspecified atom stereocenters. The highest BCUT2D eigenvalue weighted by Gasteiger charge is 2.25. The quantitative estimate of drug-likeness (QED) is 0.170. The minimum Gasteiger partial charge on any atom is -0.307 e. The Morgan fingerprint density at radius 3 is 1.81 bits per heavy atom. The number of aromatic nitrogens is 4. The molecule has 4 nitrogen and oxygen atoms in total. The highest BCUT2D eigenvalue weighted by atomic mass is 15.2. The van der Waals surface area contributed by atoms with Gasteiger partial charge in [0.1, 0.15) is 0 Å². The Morgan fingerprint density at radius 1 is 0.352 bits per heavy atom. The van der Waals surface area contributed by atoms with E-state index in [9.17, 15) is 0 Å². The molecule has 4 aromatic heterocycles. The van der Waals surface area contributed by atoms with Crippen molar-refractivity contribution in [2.75, 3.05) is 0 Å². The van der Waals surface area contributed by atoms with Crippen molar-refractivity contribution in [3.63, 3.8) is 0 Å². The maximum atomic E-state index is 5.52. The van der Waals surface area contributed by atoms with Crippen molar-refractivity contribution in [2.45, 2.75) is 0 Å². The first-order valence-corrected chi connectivity index (χ1v) is 18.5. The van der Waals surface area contributed by atoms with Gasteiger partial charge in [0.05, 0.1) is 38.8 Å². The number of benzene rings is 9. The van der Waals surface area contributed by atoms with Crippen molar-refractivity contribution in [3.05, 3.63) is 170 Å². The third-order valence-corrected chi connectivity index (χ3v) is 11.8. The normalized spacial score (nSPS) is 12.4. The van der Waals surface area contributed by atoms with Crippen molar-refractivity contribution >= 4 is 103 Å². The van der Waals surface area contributed by atoms with Gasteiger partial charge in [-0.2, -0.15) is 0 Å². The molecule has 0 saturated heterocycles. The second kappa shape index (κ2) is 10.2. The minimum atomic E-state index is 0.665. The Balaban J connectivity index is 1.27. The standard InChI is InChI=1S/C50H28N4/c1-2-14-31(15-3-1)47-44-33-17-7-4-12-29(33)25-27-39(44)51-50(52-47)53-40-21-10-20-36-38-28-32-16-6-8-18-34(32)43-37-26-24-30-13-5-9-19-35(30)48(37)54(49(38)43)42-23-11-22-41(53)46(42)45(36)40/h1-28H. The maximum absolute atomic E-state index is 5.52. The number of fused-ring (bicyclic) bond motifs is 12. The molecule has 0 saturated carbocycles. The predicted octanol–water partition coefficient (Wildman–Crippen LogP) is 13.0. The molecule has 0 radical (unpaired) electrons. The van der Waals surface area contributed by atoms with Crippen LogP contribution < -0.4 is 0 Å². The van der Waals surface area contributed by atoms with Crippen LogP contribution in [-0.4, -0.2) is 18.9 Å². The summed E-state index contributed by atoms with van der Waals surface area (Å²) in [5.74, 6) is 0.665. The zero-order chi connectivity index (χ0) is 35.1. The summed E-state index contributed by atoms with van der Waals surface area (Å²) in [6.07, 6.45) is 0. The fourth-order valence-electron chi connectivity index (χ4n) is 9.61. The molecule has 0 amide bonds. The maximum Gasteiger partial charge on any atom is 0.235 e. The van der Waals surface area contributed by atoms with Crippen LogP contribution in [0.25, 0.3) is 120 Å². The summed E-state index contributed by atoms with van der Waals surface area (Å²) < 4.78 is 4.86. The first-order valence-electron chi connectivity index (χ1n) is 18.5. The third-order valence-electron chi connectivity index (χ3n) is 11.8. The molecule has 54 heavy (non-hydrogen) atoms. The lowest BCUT2D eigenvalue weighted by Gasteiger charge is -2.14. The molecule has 13 rings (SSSR count). The van der Waals surface area contributed by atoms with Crippen LogP contribution >= 0.6 is 0 Å². The van der Waals surface area contributed by atoms with Crippen molar-refractivity contribution in [3.8, 4) is 17.2 Å². The lowest BCUT2D eigenvalue weighted by atomic mass is 9.97. The summed E-state index contributed by atoms with van der Waals surface area (Å²) >= 11 is 0. The first kappa shape index (κ1) is 28.3. The molecule has 4 heterocycles. The minimum absolute atomic E-state index is 0.665. The average molecular weight is 685 g/mol. The average Bonchev–Trinajstić information content (AvgIpc) is 3.73. The van der Waals surface area contributed by atoms with Gasteiger partial charge >= 0.3 is 0 Å². The molecule has 4 heteroatoms. The summed E-state index contributed by atoms with van der Waals surface area (Å²) in [6.45, 7) is 0. The van der Waals surface area contributed by atoms with Crippen LogP contribution in [0.3, 0.4) is 0 Å². The van der Waals surface area contributed by atoms with Gasteiger partial charge in [-0.1, -0.05) is 140 Å².